The van der Waals surface area contributed by atoms with Crippen LogP contribution < -0.4 is 16.0 Å². The predicted molar refractivity (Wildman–Crippen MR) is 227 cm³/mol. The molecule has 1 aliphatic rings. The second-order valence-corrected chi connectivity index (χ2v) is 14.4. The van der Waals surface area contributed by atoms with Crippen LogP contribution in [0.2, 0.25) is 0 Å². The molecule has 1 unspecified atom stereocenters. The maximum atomic E-state index is 12.0. The number of benzene rings is 1. The largest absolute Gasteiger partial charge is 0.480 e. The number of aliphatic carboxylic acids is 4. The summed E-state index contributed by atoms with van der Waals surface area (Å²) in [5.41, 5.74) is 1.56. The number of nitrogens with zero attached hydrogens (tertiary/aromatic N) is 4. The second-order valence-electron chi connectivity index (χ2n) is 14.0. The molecule has 1 heterocycles. The molecule has 1 atom stereocenters. The van der Waals surface area contributed by atoms with Crippen LogP contribution in [-0.2, 0) is 86.8 Å². The van der Waals surface area contributed by atoms with Crippen LogP contribution in [-0.4, -0.2) is 232 Å². The Morgan fingerprint density at radius 3 is 1.53 bits per heavy atom. The van der Waals surface area contributed by atoms with E-state index < -0.39 is 29.9 Å². The summed E-state index contributed by atoms with van der Waals surface area (Å²) < 4.78 is 27.4. The van der Waals surface area contributed by atoms with Gasteiger partial charge in [-0.2, -0.15) is 0 Å². The molecule has 1 aromatic carbocycles. The van der Waals surface area contributed by atoms with E-state index in [4.69, 9.17) is 35.9 Å². The summed E-state index contributed by atoms with van der Waals surface area (Å²) >= 11 is 5.43. The van der Waals surface area contributed by atoms with Gasteiger partial charge in [-0.1, -0.05) is 12.1 Å². The van der Waals surface area contributed by atoms with E-state index in [-0.39, 0.29) is 111 Å². The Bertz CT molecular complexity index is 1450. The molecule has 0 aliphatic carbocycles. The number of carboxylic acids is 4. The Morgan fingerprint density at radius 1 is 0.613 bits per heavy atom. The number of ether oxygens (including phenoxy) is 5. The maximum Gasteiger partial charge on any atom is 0.317 e. The Labute approximate surface area is 393 Å². The van der Waals surface area contributed by atoms with E-state index in [2.05, 4.69) is 16.0 Å². The van der Waals surface area contributed by atoms with Crippen LogP contribution in [0.4, 0.5) is 5.69 Å². The minimum absolute atomic E-state index is 0. The van der Waals surface area contributed by atoms with Crippen LogP contribution in [0.3, 0.4) is 0 Å². The Balaban J connectivity index is 0.0000192. The van der Waals surface area contributed by atoms with E-state index >= 15 is 0 Å². The molecule has 0 saturated carbocycles. The normalized spacial score (nSPS) is 16.0. The van der Waals surface area contributed by atoms with Crippen LogP contribution in [0.5, 0.6) is 0 Å². The fourth-order valence-electron chi connectivity index (χ4n) is 6.20. The van der Waals surface area contributed by atoms with Crippen molar-refractivity contribution in [1.82, 2.24) is 30.2 Å². The first kappa shape index (κ1) is 57.0. The molecule has 2 rings (SSSR count). The second kappa shape index (κ2) is 35.4. The third-order valence-electron chi connectivity index (χ3n) is 9.12. The van der Waals surface area contributed by atoms with Gasteiger partial charge in [0.2, 0.25) is 5.91 Å². The van der Waals surface area contributed by atoms with Crippen molar-refractivity contribution in [2.75, 3.05) is 156 Å². The molecule has 1 aliphatic heterocycles. The van der Waals surface area contributed by atoms with Crippen LogP contribution in [0.1, 0.15) is 18.9 Å². The minimum Gasteiger partial charge on any atom is -0.480 e. The summed E-state index contributed by atoms with van der Waals surface area (Å²) in [7, 11) is 0. The molecule has 7 N–H and O–H groups in total. The molecule has 349 valence electrons. The Morgan fingerprint density at radius 2 is 1.05 bits per heavy atom. The first-order valence-corrected chi connectivity index (χ1v) is 20.8. The van der Waals surface area contributed by atoms with Crippen molar-refractivity contribution in [2.45, 2.75) is 25.8 Å². The zero-order valence-electron chi connectivity index (χ0n) is 35.7. The van der Waals surface area contributed by atoms with Gasteiger partial charge < -0.3 is 60.1 Å². The topological polar surface area (TPSA) is 261 Å². The standard InChI is InChI=1S/C39H65N7O14S.Y/c1-2-40-34(47)7-15-56-17-19-58-21-23-60-24-22-59-20-18-57-16-8-41-39(61)42-32-5-3-31(4-6-32)25-33-26-45(29-37(52)53)12-11-43(27-35(48)49)9-10-44(28-36(50)51)13-14-46(33)30-38(54)55;/h3-6,33H,2,7-30H2,1H3,(H,40,47)(H,48,49)(H,50,51)(H,52,53)(H,54,55)(H2,41,42,61);. The van der Waals surface area contributed by atoms with E-state index in [1.54, 1.807) is 19.6 Å². The molecule has 0 spiro atoms. The molecule has 1 amide bonds. The number of thiocarbonyl (C=S) groups is 1. The molecule has 23 heteroatoms. The summed E-state index contributed by atoms with van der Waals surface area (Å²) in [6, 6.07) is 6.91. The van der Waals surface area contributed by atoms with Gasteiger partial charge >= 0.3 is 23.9 Å². The van der Waals surface area contributed by atoms with Gasteiger partial charge in [0.25, 0.3) is 0 Å². The molecular formula is C39H65N7O14SY. The number of rotatable bonds is 30. The van der Waals surface area contributed by atoms with E-state index in [1.165, 1.54) is 0 Å². The van der Waals surface area contributed by atoms with E-state index in [1.807, 2.05) is 31.2 Å². The van der Waals surface area contributed by atoms with Crippen molar-refractivity contribution in [3.05, 3.63) is 29.8 Å². The summed E-state index contributed by atoms with van der Waals surface area (Å²) in [4.78, 5) is 65.1. The molecule has 0 aromatic heterocycles. The molecule has 21 nitrogen and oxygen atoms in total. The van der Waals surface area contributed by atoms with Crippen LogP contribution >= 0.6 is 12.2 Å². The zero-order valence-corrected chi connectivity index (χ0v) is 39.4. The number of anilines is 1. The summed E-state index contributed by atoms with van der Waals surface area (Å²) in [6.07, 6.45) is 0.687. The van der Waals surface area contributed by atoms with Crippen LogP contribution in [0, 0.1) is 0 Å². The average Bonchev–Trinajstić information content (AvgIpc) is 3.19. The van der Waals surface area contributed by atoms with Gasteiger partial charge in [0.05, 0.1) is 92.2 Å². The van der Waals surface area contributed by atoms with Crippen molar-refractivity contribution in [2.24, 2.45) is 0 Å². The Hall–Kier alpha value is -3.00. The number of amides is 1. The quantitative estimate of drug-likeness (QED) is 0.0362. The molecule has 62 heavy (non-hydrogen) atoms. The molecule has 1 saturated heterocycles. The van der Waals surface area contributed by atoms with E-state index in [0.29, 0.717) is 103 Å². The van der Waals surface area contributed by atoms with Crippen molar-refractivity contribution < 1.29 is 101 Å². The average molecular weight is 977 g/mol. The number of carbonyl (C=O) groups excluding carboxylic acids is 1. The predicted octanol–water partition coefficient (Wildman–Crippen LogP) is -0.949. The minimum atomic E-state index is -1.08. The first-order chi connectivity index (χ1) is 29.3. The number of hydrogen-bond acceptors (Lipinski definition) is 15. The maximum absolute atomic E-state index is 12.0. The van der Waals surface area contributed by atoms with Crippen molar-refractivity contribution in [3.8, 4) is 0 Å². The number of hydrogen-bond donors (Lipinski definition) is 7. The van der Waals surface area contributed by atoms with Crippen molar-refractivity contribution >= 4 is 52.8 Å². The molecule has 1 radical (unpaired) electrons. The van der Waals surface area contributed by atoms with E-state index in [0.717, 1.165) is 5.56 Å². The van der Waals surface area contributed by atoms with Gasteiger partial charge in [-0.15, -0.1) is 0 Å². The van der Waals surface area contributed by atoms with Crippen molar-refractivity contribution in [3.63, 3.8) is 0 Å². The Kier molecular flexibility index (Phi) is 32.5. The van der Waals surface area contributed by atoms with Crippen LogP contribution in [0.25, 0.3) is 0 Å². The smallest absolute Gasteiger partial charge is 0.317 e. The number of carbonyl (C=O) groups is 5. The van der Waals surface area contributed by atoms with E-state index in [9.17, 15) is 44.4 Å². The van der Waals surface area contributed by atoms with Gasteiger partial charge in [-0.05, 0) is 43.3 Å². The van der Waals surface area contributed by atoms with Gasteiger partial charge in [0.15, 0.2) is 5.11 Å². The fourth-order valence-corrected chi connectivity index (χ4v) is 6.42. The summed E-state index contributed by atoms with van der Waals surface area (Å²) in [6.45, 7) is 7.24. The SMILES string of the molecule is CCNC(=O)CCOCCOCCOCCOCCOCCNC(=S)Nc1ccc(CC2CN(CC(=O)O)CCN(CC(=O)O)CCN(CC(=O)O)CCN2CC(=O)O)cc1.[Y]. The van der Waals surface area contributed by atoms with Gasteiger partial charge in [-0.25, -0.2) is 0 Å². The molecular weight excluding hydrogens is 911 g/mol. The monoisotopic (exact) mass is 976 g/mol. The van der Waals surface area contributed by atoms with Crippen molar-refractivity contribution in [1.29, 1.82) is 0 Å². The zero-order chi connectivity index (χ0) is 44.7. The van der Waals surface area contributed by atoms with Gasteiger partial charge in [-0.3, -0.25) is 43.6 Å². The first-order valence-electron chi connectivity index (χ1n) is 20.4. The summed E-state index contributed by atoms with van der Waals surface area (Å²) in [5.74, 6) is -4.30. The third-order valence-corrected chi connectivity index (χ3v) is 9.37. The number of nitrogens with one attached hydrogen (secondary N) is 3. The molecule has 1 aromatic rings. The third kappa shape index (κ3) is 29.4. The summed E-state index contributed by atoms with van der Waals surface area (Å²) in [5, 5.41) is 47.8. The van der Waals surface area contributed by atoms with Gasteiger partial charge in [0.1, 0.15) is 0 Å². The van der Waals surface area contributed by atoms with Crippen LogP contribution in [0.15, 0.2) is 24.3 Å². The molecule has 1 fully saturated rings. The number of carboxylic acid groups (broad SMARTS) is 4. The molecule has 0 bridgehead atoms. The van der Waals surface area contributed by atoms with Gasteiger partial charge in [0, 0.05) is 110 Å². The fraction of sp³-hybridized carbons (Fsp3) is 0.692.